The maximum atomic E-state index is 12.9. The van der Waals surface area contributed by atoms with Crippen LogP contribution in [0.5, 0.6) is 5.75 Å². The molecule has 1 aromatic rings. The number of halogens is 3. The van der Waals surface area contributed by atoms with Crippen molar-refractivity contribution in [3.8, 4) is 5.75 Å². The van der Waals surface area contributed by atoms with Gasteiger partial charge in [-0.3, -0.25) is 0 Å². The van der Waals surface area contributed by atoms with Crippen LogP contribution in [0, 0.1) is 0 Å². The molecule has 2 nitrogen and oxygen atoms in total. The Bertz CT molecular complexity index is 413. The maximum absolute atomic E-state index is 12.9. The van der Waals surface area contributed by atoms with Crippen molar-refractivity contribution in [3.63, 3.8) is 0 Å². The first kappa shape index (κ1) is 11.6. The first-order chi connectivity index (χ1) is 7.42. The van der Waals surface area contributed by atoms with Crippen LogP contribution in [-0.4, -0.2) is 12.0 Å². The number of fused-ring (bicyclic) bond motifs is 1. The first-order valence-electron chi connectivity index (χ1n) is 4.94. The molecule has 0 saturated heterocycles. The molecule has 2 N–H and O–H groups in total. The summed E-state index contributed by atoms with van der Waals surface area (Å²) in [5.74, 6) is 0.356. The summed E-state index contributed by atoms with van der Waals surface area (Å²) in [6, 6.07) is 4.47. The fourth-order valence-corrected chi connectivity index (χ4v) is 2.04. The third kappa shape index (κ3) is 1.87. The van der Waals surface area contributed by atoms with Crippen molar-refractivity contribution < 1.29 is 13.5 Å². The van der Waals surface area contributed by atoms with E-state index in [-0.39, 0.29) is 6.42 Å². The zero-order chi connectivity index (χ0) is 11.9. The molecule has 16 heavy (non-hydrogen) atoms. The molecular weight excluding hydrogens is 236 g/mol. The highest BCUT2D eigenvalue weighted by atomic mass is 35.5. The average molecular weight is 248 g/mol. The second-order valence-corrected chi connectivity index (χ2v) is 4.64. The van der Waals surface area contributed by atoms with Gasteiger partial charge >= 0.3 is 0 Å². The number of benzene rings is 1. The Morgan fingerprint density at radius 3 is 2.88 bits per heavy atom. The molecule has 0 bridgehead atoms. The zero-order valence-corrected chi connectivity index (χ0v) is 9.47. The number of hydrogen-bond acceptors (Lipinski definition) is 2. The van der Waals surface area contributed by atoms with Crippen LogP contribution < -0.4 is 10.5 Å². The Morgan fingerprint density at radius 2 is 2.25 bits per heavy atom. The summed E-state index contributed by atoms with van der Waals surface area (Å²) >= 11 is 5.79. The first-order valence-corrected chi connectivity index (χ1v) is 5.32. The van der Waals surface area contributed by atoms with Crippen LogP contribution in [0.2, 0.25) is 5.02 Å². The molecule has 2 rings (SSSR count). The smallest absolute Gasteiger partial charge is 0.277 e. The largest absolute Gasteiger partial charge is 0.481 e. The van der Waals surface area contributed by atoms with Gasteiger partial charge in [0, 0.05) is 23.0 Å². The van der Waals surface area contributed by atoms with Crippen LogP contribution in [0.4, 0.5) is 8.78 Å². The van der Waals surface area contributed by atoms with Gasteiger partial charge in [0.25, 0.3) is 6.43 Å². The van der Waals surface area contributed by atoms with Crippen molar-refractivity contribution in [3.05, 3.63) is 28.8 Å². The Balaban J connectivity index is 2.42. The van der Waals surface area contributed by atoms with Gasteiger partial charge in [-0.05, 0) is 19.1 Å². The van der Waals surface area contributed by atoms with E-state index in [4.69, 9.17) is 22.1 Å². The van der Waals surface area contributed by atoms with Crippen molar-refractivity contribution in [2.75, 3.05) is 0 Å². The van der Waals surface area contributed by atoms with Crippen LogP contribution in [0.3, 0.4) is 0 Å². The van der Waals surface area contributed by atoms with Gasteiger partial charge < -0.3 is 10.5 Å². The third-order valence-electron chi connectivity index (χ3n) is 2.81. The van der Waals surface area contributed by atoms with Crippen molar-refractivity contribution >= 4 is 11.6 Å². The molecule has 0 spiro atoms. The summed E-state index contributed by atoms with van der Waals surface area (Å²) in [7, 11) is 0. The summed E-state index contributed by atoms with van der Waals surface area (Å²) in [6.45, 7) is 1.36. The molecular formula is C11H12ClF2NO. The zero-order valence-electron chi connectivity index (χ0n) is 8.71. The van der Waals surface area contributed by atoms with E-state index < -0.39 is 18.1 Å². The molecule has 0 amide bonds. The highest BCUT2D eigenvalue weighted by molar-refractivity contribution is 6.30. The van der Waals surface area contributed by atoms with E-state index in [0.29, 0.717) is 10.8 Å². The van der Waals surface area contributed by atoms with Crippen molar-refractivity contribution in [2.45, 2.75) is 31.4 Å². The van der Waals surface area contributed by atoms with E-state index >= 15 is 0 Å². The van der Waals surface area contributed by atoms with E-state index in [1.165, 1.54) is 13.0 Å². The van der Waals surface area contributed by atoms with Crippen molar-refractivity contribution in [1.82, 2.24) is 0 Å². The Morgan fingerprint density at radius 1 is 1.56 bits per heavy atom. The van der Waals surface area contributed by atoms with Crippen LogP contribution in [-0.2, 0) is 0 Å². The Kier molecular flexibility index (Phi) is 2.80. The number of nitrogens with two attached hydrogens (primary N) is 1. The second-order valence-electron chi connectivity index (χ2n) is 4.21. The molecule has 0 fully saturated rings. The van der Waals surface area contributed by atoms with Gasteiger partial charge in [0.1, 0.15) is 5.75 Å². The topological polar surface area (TPSA) is 35.2 Å². The lowest BCUT2D eigenvalue weighted by Crippen LogP contribution is -2.46. The number of alkyl halides is 2. The quantitative estimate of drug-likeness (QED) is 0.827. The van der Waals surface area contributed by atoms with E-state index in [1.807, 2.05) is 0 Å². The van der Waals surface area contributed by atoms with E-state index in [9.17, 15) is 8.78 Å². The highest BCUT2D eigenvalue weighted by Gasteiger charge is 2.43. The molecule has 1 heterocycles. The fourth-order valence-electron chi connectivity index (χ4n) is 1.88. The molecule has 0 aliphatic carbocycles. The Hall–Kier alpha value is -0.870. The minimum Gasteiger partial charge on any atom is -0.481 e. The molecule has 88 valence electrons. The highest BCUT2D eigenvalue weighted by Crippen LogP contribution is 2.41. The van der Waals surface area contributed by atoms with Crippen LogP contribution in [0.15, 0.2) is 18.2 Å². The fraction of sp³-hybridized carbons (Fsp3) is 0.455. The van der Waals surface area contributed by atoms with Gasteiger partial charge in [-0.15, -0.1) is 0 Å². The summed E-state index contributed by atoms with van der Waals surface area (Å²) in [4.78, 5) is 0. The van der Waals surface area contributed by atoms with Crippen LogP contribution >= 0.6 is 11.6 Å². The van der Waals surface area contributed by atoms with Crippen molar-refractivity contribution in [2.24, 2.45) is 5.73 Å². The van der Waals surface area contributed by atoms with Gasteiger partial charge in [-0.2, -0.15) is 0 Å². The summed E-state index contributed by atoms with van der Waals surface area (Å²) in [5, 5.41) is 0.449. The average Bonchev–Trinajstić information content (AvgIpc) is 2.16. The maximum Gasteiger partial charge on any atom is 0.277 e. The predicted octanol–water partition coefficient (Wildman–Crippen LogP) is 3.15. The number of ether oxygens (including phenoxy) is 1. The number of rotatable bonds is 1. The van der Waals surface area contributed by atoms with Crippen LogP contribution in [0.25, 0.3) is 0 Å². The molecule has 1 aliphatic rings. The second kappa shape index (κ2) is 3.86. The van der Waals surface area contributed by atoms with Gasteiger partial charge in [0.05, 0.1) is 0 Å². The molecule has 5 heteroatoms. The summed E-state index contributed by atoms with van der Waals surface area (Å²) in [6.07, 6.45) is -2.48. The molecule has 0 aromatic heterocycles. The molecule has 2 atom stereocenters. The standard InChI is InChI=1S/C11H12ClF2NO/c1-11(10(13)14)5-8(15)7-3-2-6(12)4-9(7)16-11/h2-4,8,10H,5,15H2,1H3/t8-,11?/m1/s1. The van der Waals surface area contributed by atoms with Gasteiger partial charge in [0.2, 0.25) is 0 Å². The van der Waals surface area contributed by atoms with E-state index in [2.05, 4.69) is 0 Å². The minimum absolute atomic E-state index is 0.0965. The molecule has 1 aliphatic heterocycles. The lowest BCUT2D eigenvalue weighted by Gasteiger charge is -2.38. The van der Waals surface area contributed by atoms with Gasteiger partial charge in [0.15, 0.2) is 5.60 Å². The molecule has 0 radical (unpaired) electrons. The predicted molar refractivity (Wildman–Crippen MR) is 58.0 cm³/mol. The summed E-state index contributed by atoms with van der Waals surface area (Å²) in [5.41, 5.74) is 5.05. The minimum atomic E-state index is -2.58. The van der Waals surface area contributed by atoms with Crippen LogP contribution in [0.1, 0.15) is 24.9 Å². The SMILES string of the molecule is CC1(C(F)F)C[C@@H](N)c2ccc(Cl)cc2O1. The van der Waals surface area contributed by atoms with Gasteiger partial charge in [-0.1, -0.05) is 17.7 Å². The van der Waals surface area contributed by atoms with Gasteiger partial charge in [-0.25, -0.2) is 8.78 Å². The van der Waals surface area contributed by atoms with E-state index in [0.717, 1.165) is 5.56 Å². The Labute approximate surface area is 97.3 Å². The molecule has 0 saturated carbocycles. The molecule has 1 aromatic carbocycles. The third-order valence-corrected chi connectivity index (χ3v) is 3.04. The summed E-state index contributed by atoms with van der Waals surface area (Å²) < 4.78 is 31.0. The lowest BCUT2D eigenvalue weighted by atomic mass is 9.89. The number of hydrogen-bond donors (Lipinski definition) is 1. The monoisotopic (exact) mass is 247 g/mol. The lowest BCUT2D eigenvalue weighted by molar-refractivity contribution is -0.0808. The van der Waals surface area contributed by atoms with Crippen molar-refractivity contribution in [1.29, 1.82) is 0 Å². The van der Waals surface area contributed by atoms with E-state index in [1.54, 1.807) is 12.1 Å². The normalized spacial score (nSPS) is 28.8. The molecule has 1 unspecified atom stereocenters.